The summed E-state index contributed by atoms with van der Waals surface area (Å²) >= 11 is 1.56. The van der Waals surface area contributed by atoms with Gasteiger partial charge in [-0.05, 0) is 32.0 Å². The molecule has 0 aliphatic rings. The number of aryl methyl sites for hydroxylation is 2. The Labute approximate surface area is 120 Å². The van der Waals surface area contributed by atoms with Gasteiger partial charge in [0, 0.05) is 11.9 Å². The van der Waals surface area contributed by atoms with E-state index in [0.717, 1.165) is 34.4 Å². The standard InChI is InChI=1S/C14H14N4OS/c1-9-7-12(10(2)19-9)13-16-14(18-17-13)20-8-11-5-3-4-6-15-11/h3-7H,8H2,1-2H3,(H,16,17,18). The van der Waals surface area contributed by atoms with Crippen molar-refractivity contribution in [2.75, 3.05) is 0 Å². The molecule has 3 aromatic rings. The predicted octanol–water partition coefficient (Wildman–Crippen LogP) is 3.37. The molecule has 0 aromatic carbocycles. The van der Waals surface area contributed by atoms with Crippen LogP contribution >= 0.6 is 11.8 Å². The van der Waals surface area contributed by atoms with Gasteiger partial charge in [-0.3, -0.25) is 10.1 Å². The second kappa shape index (κ2) is 5.50. The van der Waals surface area contributed by atoms with Crippen molar-refractivity contribution in [2.45, 2.75) is 24.8 Å². The van der Waals surface area contributed by atoms with Crippen LogP contribution in [-0.2, 0) is 5.75 Å². The highest BCUT2D eigenvalue weighted by Gasteiger charge is 2.12. The van der Waals surface area contributed by atoms with Gasteiger partial charge < -0.3 is 4.42 Å². The third-order valence-corrected chi connectivity index (χ3v) is 3.72. The summed E-state index contributed by atoms with van der Waals surface area (Å²) in [6.45, 7) is 3.84. The summed E-state index contributed by atoms with van der Waals surface area (Å²) in [5.74, 6) is 3.21. The number of thioether (sulfide) groups is 1. The summed E-state index contributed by atoms with van der Waals surface area (Å²) in [7, 11) is 0. The number of H-pyrrole nitrogens is 1. The van der Waals surface area contributed by atoms with Crippen LogP contribution in [0.2, 0.25) is 0 Å². The fourth-order valence-corrected chi connectivity index (χ4v) is 2.63. The number of hydrogen-bond acceptors (Lipinski definition) is 5. The third-order valence-electron chi connectivity index (χ3n) is 2.84. The lowest BCUT2D eigenvalue weighted by atomic mass is 10.2. The zero-order valence-corrected chi connectivity index (χ0v) is 12.1. The van der Waals surface area contributed by atoms with E-state index in [2.05, 4.69) is 20.2 Å². The summed E-state index contributed by atoms with van der Waals surface area (Å²) in [5.41, 5.74) is 1.97. The third kappa shape index (κ3) is 2.75. The van der Waals surface area contributed by atoms with Gasteiger partial charge in [0.1, 0.15) is 11.5 Å². The first-order valence-corrected chi connectivity index (χ1v) is 7.23. The lowest BCUT2D eigenvalue weighted by Crippen LogP contribution is -1.85. The molecule has 6 heteroatoms. The highest BCUT2D eigenvalue weighted by atomic mass is 32.2. The van der Waals surface area contributed by atoms with Gasteiger partial charge in [-0.25, -0.2) is 4.98 Å². The summed E-state index contributed by atoms with van der Waals surface area (Å²) in [6, 6.07) is 7.83. The lowest BCUT2D eigenvalue weighted by molar-refractivity contribution is 0.505. The van der Waals surface area contributed by atoms with Gasteiger partial charge in [0.25, 0.3) is 0 Å². The van der Waals surface area contributed by atoms with E-state index in [1.807, 2.05) is 38.1 Å². The molecule has 0 aliphatic heterocycles. The van der Waals surface area contributed by atoms with Gasteiger partial charge >= 0.3 is 0 Å². The molecule has 0 aliphatic carbocycles. The highest BCUT2D eigenvalue weighted by Crippen LogP contribution is 2.26. The molecule has 0 unspecified atom stereocenters. The lowest BCUT2D eigenvalue weighted by Gasteiger charge is -1.95. The predicted molar refractivity (Wildman–Crippen MR) is 77.4 cm³/mol. The molecule has 20 heavy (non-hydrogen) atoms. The van der Waals surface area contributed by atoms with Crippen molar-refractivity contribution in [3.8, 4) is 11.4 Å². The van der Waals surface area contributed by atoms with Gasteiger partial charge in [-0.1, -0.05) is 17.8 Å². The van der Waals surface area contributed by atoms with E-state index < -0.39 is 0 Å². The molecule has 1 N–H and O–H groups in total. The molecule has 0 atom stereocenters. The molecule has 3 aromatic heterocycles. The maximum absolute atomic E-state index is 5.50. The van der Waals surface area contributed by atoms with Gasteiger partial charge in [-0.2, -0.15) is 0 Å². The Kier molecular flexibility index (Phi) is 3.56. The van der Waals surface area contributed by atoms with Crippen molar-refractivity contribution in [3.05, 3.63) is 47.7 Å². The molecular weight excluding hydrogens is 272 g/mol. The fraction of sp³-hybridized carbons (Fsp3) is 0.214. The Hall–Kier alpha value is -2.08. The van der Waals surface area contributed by atoms with E-state index in [1.54, 1.807) is 18.0 Å². The summed E-state index contributed by atoms with van der Waals surface area (Å²) < 4.78 is 5.50. The average Bonchev–Trinajstić information content (AvgIpc) is 3.04. The number of rotatable bonds is 4. The van der Waals surface area contributed by atoms with Crippen LogP contribution in [0, 0.1) is 13.8 Å². The van der Waals surface area contributed by atoms with Crippen molar-refractivity contribution in [3.63, 3.8) is 0 Å². The number of pyridine rings is 1. The first kappa shape index (κ1) is 12.9. The molecular formula is C14H14N4OS. The Bertz CT molecular complexity index is 705. The van der Waals surface area contributed by atoms with Crippen LogP contribution in [0.5, 0.6) is 0 Å². The van der Waals surface area contributed by atoms with Crippen molar-refractivity contribution < 1.29 is 4.42 Å². The highest BCUT2D eigenvalue weighted by molar-refractivity contribution is 7.98. The van der Waals surface area contributed by atoms with Gasteiger partial charge in [0.2, 0.25) is 5.16 Å². The Morgan fingerprint density at radius 1 is 1.30 bits per heavy atom. The molecule has 0 amide bonds. The summed E-state index contributed by atoms with van der Waals surface area (Å²) in [6.07, 6.45) is 1.79. The average molecular weight is 286 g/mol. The van der Waals surface area contributed by atoms with E-state index in [0.29, 0.717) is 5.16 Å². The van der Waals surface area contributed by atoms with Gasteiger partial charge in [0.15, 0.2) is 5.82 Å². The second-order valence-corrected chi connectivity index (χ2v) is 5.35. The molecule has 102 valence electrons. The molecule has 0 fully saturated rings. The van der Waals surface area contributed by atoms with Crippen molar-refractivity contribution in [1.82, 2.24) is 20.2 Å². The quantitative estimate of drug-likeness (QED) is 0.745. The minimum Gasteiger partial charge on any atom is -0.466 e. The number of nitrogens with zero attached hydrogens (tertiary/aromatic N) is 3. The van der Waals surface area contributed by atoms with Crippen LogP contribution in [0.15, 0.2) is 40.0 Å². The molecule has 0 radical (unpaired) electrons. The van der Waals surface area contributed by atoms with Crippen molar-refractivity contribution in [2.24, 2.45) is 0 Å². The Balaban J connectivity index is 1.73. The minimum atomic E-state index is 0.712. The van der Waals surface area contributed by atoms with E-state index in [-0.39, 0.29) is 0 Å². The maximum atomic E-state index is 5.50. The van der Waals surface area contributed by atoms with Crippen LogP contribution in [0.3, 0.4) is 0 Å². The number of furan rings is 1. The van der Waals surface area contributed by atoms with Crippen molar-refractivity contribution in [1.29, 1.82) is 0 Å². The first-order chi connectivity index (χ1) is 9.72. The fourth-order valence-electron chi connectivity index (χ4n) is 1.92. The number of hydrogen-bond donors (Lipinski definition) is 1. The molecule has 3 rings (SSSR count). The smallest absolute Gasteiger partial charge is 0.209 e. The van der Waals surface area contributed by atoms with Crippen LogP contribution in [0.1, 0.15) is 17.2 Å². The van der Waals surface area contributed by atoms with E-state index in [1.165, 1.54) is 0 Å². The molecule has 3 heterocycles. The zero-order chi connectivity index (χ0) is 13.9. The zero-order valence-electron chi connectivity index (χ0n) is 11.3. The van der Waals surface area contributed by atoms with E-state index >= 15 is 0 Å². The van der Waals surface area contributed by atoms with Crippen molar-refractivity contribution >= 4 is 11.8 Å². The number of aromatic nitrogens is 4. The normalized spacial score (nSPS) is 10.9. The molecule has 0 spiro atoms. The first-order valence-electron chi connectivity index (χ1n) is 6.25. The Morgan fingerprint density at radius 3 is 2.90 bits per heavy atom. The minimum absolute atomic E-state index is 0.712. The SMILES string of the molecule is Cc1cc(-c2nc(SCc3ccccn3)n[nH]2)c(C)o1. The second-order valence-electron chi connectivity index (χ2n) is 4.40. The molecule has 0 bridgehead atoms. The molecule has 5 nitrogen and oxygen atoms in total. The largest absolute Gasteiger partial charge is 0.466 e. The summed E-state index contributed by atoms with van der Waals surface area (Å²) in [5, 5.41) is 7.88. The molecule has 0 saturated heterocycles. The van der Waals surface area contributed by atoms with Crippen LogP contribution in [-0.4, -0.2) is 20.2 Å². The van der Waals surface area contributed by atoms with E-state index in [4.69, 9.17) is 4.42 Å². The van der Waals surface area contributed by atoms with Gasteiger partial charge in [-0.15, -0.1) is 5.10 Å². The molecule has 0 saturated carbocycles. The monoisotopic (exact) mass is 286 g/mol. The number of nitrogens with one attached hydrogen (secondary N) is 1. The van der Waals surface area contributed by atoms with Crippen LogP contribution in [0.4, 0.5) is 0 Å². The topological polar surface area (TPSA) is 67.6 Å². The summed E-state index contributed by atoms with van der Waals surface area (Å²) in [4.78, 5) is 8.75. The van der Waals surface area contributed by atoms with Gasteiger partial charge in [0.05, 0.1) is 11.3 Å². The van der Waals surface area contributed by atoms with Crippen LogP contribution < -0.4 is 0 Å². The maximum Gasteiger partial charge on any atom is 0.209 e. The van der Waals surface area contributed by atoms with Crippen LogP contribution in [0.25, 0.3) is 11.4 Å². The number of aromatic amines is 1. The Morgan fingerprint density at radius 2 is 2.20 bits per heavy atom. The van der Waals surface area contributed by atoms with E-state index in [9.17, 15) is 0 Å².